The average molecular weight is 279 g/mol. The molecule has 4 nitrogen and oxygen atoms in total. The number of nitrogens with zero attached hydrogens (tertiary/aromatic N) is 2. The molecule has 106 valence electrons. The van der Waals surface area contributed by atoms with Crippen LogP contribution < -0.4 is 0 Å². The minimum absolute atomic E-state index is 0.0189. The first kappa shape index (κ1) is 13.4. The van der Waals surface area contributed by atoms with Crippen molar-refractivity contribution in [1.29, 1.82) is 0 Å². The Balaban J connectivity index is 1.91. The first-order chi connectivity index (χ1) is 10.3. The fourth-order valence-corrected chi connectivity index (χ4v) is 2.56. The van der Waals surface area contributed by atoms with Crippen LogP contribution in [0.1, 0.15) is 34.2 Å². The number of H-pyrrole nitrogens is 1. The fourth-order valence-electron chi connectivity index (χ4n) is 2.56. The molecule has 0 aliphatic rings. The molecule has 3 rings (SSSR count). The van der Waals surface area contributed by atoms with E-state index in [2.05, 4.69) is 22.1 Å². The maximum Gasteiger partial charge on any atom is 0.199 e. The molecule has 0 radical (unpaired) electrons. The summed E-state index contributed by atoms with van der Waals surface area (Å²) in [6, 6.07) is 14.1. The lowest BCUT2D eigenvalue weighted by atomic mass is 9.90. The number of nitrogens with one attached hydrogen (secondary N) is 1. The van der Waals surface area contributed by atoms with Crippen molar-refractivity contribution in [1.82, 2.24) is 14.5 Å². The molecule has 1 N–H and O–H groups in total. The highest BCUT2D eigenvalue weighted by atomic mass is 16.1. The second kappa shape index (κ2) is 5.79. The molecule has 0 saturated heterocycles. The number of aromatic nitrogens is 3. The summed E-state index contributed by atoms with van der Waals surface area (Å²) in [6.07, 6.45) is 5.73. The fraction of sp³-hybridized carbons (Fsp3) is 0.176. The minimum atomic E-state index is 0.0189. The lowest BCUT2D eigenvalue weighted by molar-refractivity contribution is 0.0964. The highest BCUT2D eigenvalue weighted by Crippen LogP contribution is 2.27. The van der Waals surface area contributed by atoms with Gasteiger partial charge < -0.3 is 9.55 Å². The Hall–Kier alpha value is -2.62. The van der Waals surface area contributed by atoms with E-state index >= 15 is 0 Å². The largest absolute Gasteiger partial charge is 0.364 e. The molecule has 1 atom stereocenters. The summed E-state index contributed by atoms with van der Waals surface area (Å²) in [5, 5.41) is 0. The zero-order chi connectivity index (χ0) is 14.7. The maximum atomic E-state index is 12.5. The number of carbonyl (C=O) groups is 1. The van der Waals surface area contributed by atoms with Gasteiger partial charge in [0.1, 0.15) is 0 Å². The third kappa shape index (κ3) is 2.79. The average Bonchev–Trinajstić information content (AvgIpc) is 3.17. The third-order valence-corrected chi connectivity index (χ3v) is 3.66. The van der Waals surface area contributed by atoms with Gasteiger partial charge in [0.25, 0.3) is 0 Å². The molecular weight excluding hydrogens is 262 g/mol. The Labute approximate surface area is 123 Å². The number of carbonyl (C=O) groups excluding carboxylic acids is 1. The van der Waals surface area contributed by atoms with Crippen LogP contribution in [0.3, 0.4) is 0 Å². The van der Waals surface area contributed by atoms with Crippen LogP contribution in [0, 0.1) is 0 Å². The second-order valence-corrected chi connectivity index (χ2v) is 5.08. The number of hydrogen-bond donors (Lipinski definition) is 1. The van der Waals surface area contributed by atoms with E-state index in [1.807, 2.05) is 43.6 Å². The van der Waals surface area contributed by atoms with Gasteiger partial charge in [0.2, 0.25) is 0 Å². The molecule has 1 unspecified atom stereocenters. The van der Waals surface area contributed by atoms with Crippen LogP contribution in [0.25, 0.3) is 0 Å². The van der Waals surface area contributed by atoms with Crippen molar-refractivity contribution in [3.05, 3.63) is 78.1 Å². The summed E-state index contributed by atoms with van der Waals surface area (Å²) in [6.45, 7) is 0. The standard InChI is InChI=1S/C17H17N3O/c1-20-11-10-19-17(20)16(21)12-14(15-8-5-9-18-15)13-6-3-2-4-7-13/h2-11,14,18H,12H2,1H3. The van der Waals surface area contributed by atoms with Gasteiger partial charge in [-0.2, -0.15) is 0 Å². The van der Waals surface area contributed by atoms with Crippen molar-refractivity contribution in [2.24, 2.45) is 7.05 Å². The number of aryl methyl sites for hydroxylation is 1. The molecule has 0 amide bonds. The molecule has 0 bridgehead atoms. The van der Waals surface area contributed by atoms with E-state index in [9.17, 15) is 4.79 Å². The van der Waals surface area contributed by atoms with Gasteiger partial charge in [-0.15, -0.1) is 0 Å². The lowest BCUT2D eigenvalue weighted by Crippen LogP contribution is -2.13. The van der Waals surface area contributed by atoms with Crippen molar-refractivity contribution in [2.45, 2.75) is 12.3 Å². The molecule has 0 fully saturated rings. The zero-order valence-corrected chi connectivity index (χ0v) is 11.9. The van der Waals surface area contributed by atoms with Crippen molar-refractivity contribution in [3.63, 3.8) is 0 Å². The molecule has 0 spiro atoms. The Morgan fingerprint density at radius 2 is 2.05 bits per heavy atom. The molecule has 4 heteroatoms. The van der Waals surface area contributed by atoms with Crippen molar-refractivity contribution in [3.8, 4) is 0 Å². The van der Waals surface area contributed by atoms with Crippen LogP contribution in [0.15, 0.2) is 61.1 Å². The predicted octanol–water partition coefficient (Wildman–Crippen LogP) is 3.15. The van der Waals surface area contributed by atoms with Crippen LogP contribution in [-0.4, -0.2) is 20.3 Å². The summed E-state index contributed by atoms with van der Waals surface area (Å²) in [5.41, 5.74) is 2.17. The van der Waals surface area contributed by atoms with Crippen LogP contribution >= 0.6 is 0 Å². The van der Waals surface area contributed by atoms with Gasteiger partial charge in [-0.3, -0.25) is 4.79 Å². The first-order valence-corrected chi connectivity index (χ1v) is 6.94. The molecule has 0 aliphatic carbocycles. The quantitative estimate of drug-likeness (QED) is 0.729. The topological polar surface area (TPSA) is 50.7 Å². The monoisotopic (exact) mass is 279 g/mol. The molecular formula is C17H17N3O. The summed E-state index contributed by atoms with van der Waals surface area (Å²) in [7, 11) is 1.84. The minimum Gasteiger partial charge on any atom is -0.364 e. The van der Waals surface area contributed by atoms with Crippen LogP contribution in [0.2, 0.25) is 0 Å². The molecule has 0 saturated carbocycles. The van der Waals surface area contributed by atoms with E-state index in [1.165, 1.54) is 0 Å². The number of aromatic amines is 1. The number of Topliss-reactive ketones (excluding diaryl/α,β-unsaturated/α-hetero) is 1. The van der Waals surface area contributed by atoms with Crippen molar-refractivity contribution >= 4 is 5.78 Å². The number of rotatable bonds is 5. The first-order valence-electron chi connectivity index (χ1n) is 6.94. The van der Waals surface area contributed by atoms with Crippen LogP contribution in [0.4, 0.5) is 0 Å². The summed E-state index contributed by atoms with van der Waals surface area (Å²) < 4.78 is 1.76. The van der Waals surface area contributed by atoms with Crippen molar-refractivity contribution < 1.29 is 4.79 Å². The normalized spacial score (nSPS) is 12.2. The number of ketones is 1. The SMILES string of the molecule is Cn1ccnc1C(=O)CC(c1ccccc1)c1ccc[nH]1. The zero-order valence-electron chi connectivity index (χ0n) is 11.9. The van der Waals surface area contributed by atoms with E-state index in [-0.39, 0.29) is 11.7 Å². The molecule has 21 heavy (non-hydrogen) atoms. The number of benzene rings is 1. The van der Waals surface area contributed by atoms with E-state index in [1.54, 1.807) is 17.0 Å². The summed E-state index contributed by atoms with van der Waals surface area (Å²) in [5.74, 6) is 0.568. The number of hydrogen-bond acceptors (Lipinski definition) is 2. The van der Waals surface area contributed by atoms with E-state index < -0.39 is 0 Å². The second-order valence-electron chi connectivity index (χ2n) is 5.08. The Morgan fingerprint density at radius 3 is 2.67 bits per heavy atom. The van der Waals surface area contributed by atoms with Gasteiger partial charge in [-0.25, -0.2) is 4.98 Å². The third-order valence-electron chi connectivity index (χ3n) is 3.66. The van der Waals surface area contributed by atoms with Gasteiger partial charge in [0.15, 0.2) is 11.6 Å². The van der Waals surface area contributed by atoms with E-state index in [0.717, 1.165) is 11.3 Å². The van der Waals surface area contributed by atoms with Gasteiger partial charge >= 0.3 is 0 Å². The van der Waals surface area contributed by atoms with Crippen LogP contribution in [0.5, 0.6) is 0 Å². The summed E-state index contributed by atoms with van der Waals surface area (Å²) in [4.78, 5) is 19.9. The molecule has 3 aromatic rings. The predicted molar refractivity (Wildman–Crippen MR) is 81.2 cm³/mol. The Morgan fingerprint density at radius 1 is 1.24 bits per heavy atom. The molecule has 0 aliphatic heterocycles. The smallest absolute Gasteiger partial charge is 0.199 e. The summed E-state index contributed by atoms with van der Waals surface area (Å²) >= 11 is 0. The van der Waals surface area contributed by atoms with Crippen molar-refractivity contribution in [2.75, 3.05) is 0 Å². The van der Waals surface area contributed by atoms with E-state index in [4.69, 9.17) is 0 Å². The van der Waals surface area contributed by atoms with Gasteiger partial charge in [-0.1, -0.05) is 30.3 Å². The molecule has 2 aromatic heterocycles. The van der Waals surface area contributed by atoms with Crippen LogP contribution in [-0.2, 0) is 7.05 Å². The highest BCUT2D eigenvalue weighted by molar-refractivity contribution is 5.93. The molecule has 2 heterocycles. The van der Waals surface area contributed by atoms with Gasteiger partial charge in [0, 0.05) is 43.7 Å². The lowest BCUT2D eigenvalue weighted by Gasteiger charge is -2.15. The highest BCUT2D eigenvalue weighted by Gasteiger charge is 2.21. The Kier molecular flexibility index (Phi) is 3.69. The van der Waals surface area contributed by atoms with E-state index in [0.29, 0.717) is 12.2 Å². The maximum absolute atomic E-state index is 12.5. The van der Waals surface area contributed by atoms with Gasteiger partial charge in [0.05, 0.1) is 0 Å². The molecule has 1 aromatic carbocycles. The Bertz CT molecular complexity index is 714. The van der Waals surface area contributed by atoms with Gasteiger partial charge in [-0.05, 0) is 17.7 Å². The number of imidazole rings is 1.